The highest BCUT2D eigenvalue weighted by molar-refractivity contribution is 5.22. The van der Waals surface area contributed by atoms with Crippen molar-refractivity contribution in [2.45, 2.75) is 19.4 Å². The van der Waals surface area contributed by atoms with E-state index in [2.05, 4.69) is 11.8 Å². The van der Waals surface area contributed by atoms with Gasteiger partial charge in [0.25, 0.3) is 0 Å². The Balaban J connectivity index is 1.94. The zero-order valence-corrected chi connectivity index (χ0v) is 10.9. The molecule has 0 spiro atoms. The Morgan fingerprint density at radius 2 is 2.11 bits per heavy atom. The molecular weight excluding hydrogens is 234 g/mol. The zero-order chi connectivity index (χ0) is 13.3. The topological polar surface area (TPSA) is 29.3 Å². The van der Waals surface area contributed by atoms with Crippen molar-refractivity contribution in [3.8, 4) is 0 Å². The van der Waals surface area contributed by atoms with Crippen LogP contribution < -0.4 is 5.73 Å². The summed E-state index contributed by atoms with van der Waals surface area (Å²) in [5.41, 5.74) is 6.20. The van der Waals surface area contributed by atoms with Crippen LogP contribution in [0.25, 0.3) is 0 Å². The van der Waals surface area contributed by atoms with Gasteiger partial charge in [-0.25, -0.2) is 8.78 Å². The lowest BCUT2D eigenvalue weighted by molar-refractivity contribution is 0.292. The molecule has 0 heterocycles. The number of hydrogen-bond donors (Lipinski definition) is 1. The Bertz CT molecular complexity index is 422. The van der Waals surface area contributed by atoms with Gasteiger partial charge in [-0.1, -0.05) is 19.1 Å². The summed E-state index contributed by atoms with van der Waals surface area (Å²) in [7, 11) is 1.97. The average Bonchev–Trinajstić information content (AvgIpc) is 2.97. The highest BCUT2D eigenvalue weighted by Gasteiger charge is 2.33. The van der Waals surface area contributed by atoms with Crippen molar-refractivity contribution in [2.24, 2.45) is 17.6 Å². The Morgan fingerprint density at radius 1 is 1.44 bits per heavy atom. The fourth-order valence-electron chi connectivity index (χ4n) is 2.37. The van der Waals surface area contributed by atoms with Gasteiger partial charge in [0.05, 0.1) is 0 Å². The third-order valence-electron chi connectivity index (χ3n) is 3.71. The van der Waals surface area contributed by atoms with Gasteiger partial charge in [-0.05, 0) is 31.4 Å². The molecule has 0 bridgehead atoms. The lowest BCUT2D eigenvalue weighted by Gasteiger charge is -2.22. The summed E-state index contributed by atoms with van der Waals surface area (Å²) in [6, 6.07) is 3.67. The standard InChI is InChI=1S/C14H20F2N2/c1-9-6-10(9)7-18(2)8-13(17)11-4-3-5-12(15)14(11)16/h3-5,9-10,13H,6-8,17H2,1-2H3. The Kier molecular flexibility index (Phi) is 3.97. The summed E-state index contributed by atoms with van der Waals surface area (Å²) >= 11 is 0. The lowest BCUT2D eigenvalue weighted by Crippen LogP contribution is -2.31. The predicted molar refractivity (Wildman–Crippen MR) is 68.1 cm³/mol. The smallest absolute Gasteiger partial charge is 0.163 e. The first-order valence-electron chi connectivity index (χ1n) is 6.37. The van der Waals surface area contributed by atoms with E-state index >= 15 is 0 Å². The first-order chi connectivity index (χ1) is 8.49. The van der Waals surface area contributed by atoms with Gasteiger partial charge in [-0.3, -0.25) is 0 Å². The van der Waals surface area contributed by atoms with E-state index in [1.807, 2.05) is 7.05 Å². The third kappa shape index (κ3) is 3.06. The second kappa shape index (κ2) is 5.33. The fourth-order valence-corrected chi connectivity index (χ4v) is 2.37. The van der Waals surface area contributed by atoms with Crippen LogP contribution in [0, 0.1) is 23.5 Å². The predicted octanol–water partition coefficient (Wildman–Crippen LogP) is 2.55. The lowest BCUT2D eigenvalue weighted by atomic mass is 10.1. The monoisotopic (exact) mass is 254 g/mol. The number of benzene rings is 1. The molecular formula is C14H20F2N2. The second-order valence-corrected chi connectivity index (χ2v) is 5.44. The van der Waals surface area contributed by atoms with Crippen LogP contribution in [0.2, 0.25) is 0 Å². The molecule has 1 aromatic rings. The molecule has 0 saturated heterocycles. The molecule has 1 aliphatic rings. The largest absolute Gasteiger partial charge is 0.323 e. The van der Waals surface area contributed by atoms with E-state index in [4.69, 9.17) is 5.73 Å². The molecule has 0 aromatic heterocycles. The van der Waals surface area contributed by atoms with E-state index in [0.29, 0.717) is 6.54 Å². The quantitative estimate of drug-likeness (QED) is 0.875. The number of nitrogens with zero attached hydrogens (tertiary/aromatic N) is 1. The van der Waals surface area contributed by atoms with Gasteiger partial charge in [0.2, 0.25) is 0 Å². The number of rotatable bonds is 5. The first-order valence-corrected chi connectivity index (χ1v) is 6.37. The molecule has 2 rings (SSSR count). The maximum atomic E-state index is 13.6. The number of nitrogens with two attached hydrogens (primary N) is 1. The van der Waals surface area contributed by atoms with Crippen molar-refractivity contribution in [2.75, 3.05) is 20.1 Å². The highest BCUT2D eigenvalue weighted by atomic mass is 19.2. The van der Waals surface area contributed by atoms with Crippen molar-refractivity contribution in [1.82, 2.24) is 4.90 Å². The summed E-state index contributed by atoms with van der Waals surface area (Å²) < 4.78 is 26.7. The molecule has 3 atom stereocenters. The maximum Gasteiger partial charge on any atom is 0.163 e. The molecule has 1 saturated carbocycles. The molecule has 0 aliphatic heterocycles. The van der Waals surface area contributed by atoms with Gasteiger partial charge >= 0.3 is 0 Å². The molecule has 0 amide bonds. The van der Waals surface area contributed by atoms with Crippen molar-refractivity contribution in [1.29, 1.82) is 0 Å². The molecule has 18 heavy (non-hydrogen) atoms. The molecule has 1 aliphatic carbocycles. The molecule has 0 radical (unpaired) electrons. The Labute approximate surface area is 107 Å². The van der Waals surface area contributed by atoms with E-state index in [9.17, 15) is 8.78 Å². The van der Waals surface area contributed by atoms with Crippen LogP contribution in [0.3, 0.4) is 0 Å². The van der Waals surface area contributed by atoms with Crippen molar-refractivity contribution in [3.05, 3.63) is 35.4 Å². The minimum absolute atomic E-state index is 0.255. The molecule has 2 nitrogen and oxygen atoms in total. The van der Waals surface area contributed by atoms with E-state index in [-0.39, 0.29) is 5.56 Å². The van der Waals surface area contributed by atoms with Gasteiger partial charge in [0.1, 0.15) is 0 Å². The summed E-state index contributed by atoms with van der Waals surface area (Å²) in [5.74, 6) is -0.131. The number of likely N-dealkylation sites (N-methyl/N-ethyl adjacent to an activating group) is 1. The molecule has 2 N–H and O–H groups in total. The van der Waals surface area contributed by atoms with Crippen LogP contribution in [0.15, 0.2) is 18.2 Å². The number of hydrogen-bond acceptors (Lipinski definition) is 2. The van der Waals surface area contributed by atoms with Gasteiger partial charge in [0.15, 0.2) is 11.6 Å². The van der Waals surface area contributed by atoms with Crippen LogP contribution >= 0.6 is 0 Å². The van der Waals surface area contributed by atoms with Crippen LogP contribution in [0.5, 0.6) is 0 Å². The molecule has 3 unspecified atom stereocenters. The first kappa shape index (κ1) is 13.4. The van der Waals surface area contributed by atoms with E-state index in [1.165, 1.54) is 12.5 Å². The van der Waals surface area contributed by atoms with E-state index in [1.54, 1.807) is 6.07 Å². The molecule has 100 valence electrons. The van der Waals surface area contributed by atoms with Crippen molar-refractivity contribution in [3.63, 3.8) is 0 Å². The molecule has 4 heteroatoms. The fraction of sp³-hybridized carbons (Fsp3) is 0.571. The van der Waals surface area contributed by atoms with Crippen LogP contribution in [0.1, 0.15) is 24.9 Å². The normalized spacial score (nSPS) is 24.3. The van der Waals surface area contributed by atoms with E-state index in [0.717, 1.165) is 24.4 Å². The van der Waals surface area contributed by atoms with Crippen molar-refractivity contribution < 1.29 is 8.78 Å². The van der Waals surface area contributed by atoms with Gasteiger partial charge < -0.3 is 10.6 Å². The third-order valence-corrected chi connectivity index (χ3v) is 3.71. The summed E-state index contributed by atoms with van der Waals surface area (Å²) in [6.07, 6.45) is 1.26. The van der Waals surface area contributed by atoms with E-state index < -0.39 is 17.7 Å². The Morgan fingerprint density at radius 3 is 2.72 bits per heavy atom. The van der Waals surface area contributed by atoms with Crippen LogP contribution in [-0.2, 0) is 0 Å². The van der Waals surface area contributed by atoms with Crippen LogP contribution in [0.4, 0.5) is 8.78 Å². The van der Waals surface area contributed by atoms with Crippen LogP contribution in [-0.4, -0.2) is 25.0 Å². The zero-order valence-electron chi connectivity index (χ0n) is 10.9. The number of halogens is 2. The summed E-state index contributed by atoms with van der Waals surface area (Å²) in [6.45, 7) is 3.75. The second-order valence-electron chi connectivity index (χ2n) is 5.44. The summed E-state index contributed by atoms with van der Waals surface area (Å²) in [5, 5.41) is 0. The van der Waals surface area contributed by atoms with Gasteiger partial charge in [-0.15, -0.1) is 0 Å². The Hall–Kier alpha value is -1.00. The minimum atomic E-state index is -0.832. The van der Waals surface area contributed by atoms with Gasteiger partial charge in [-0.2, -0.15) is 0 Å². The maximum absolute atomic E-state index is 13.6. The minimum Gasteiger partial charge on any atom is -0.323 e. The van der Waals surface area contributed by atoms with Gasteiger partial charge in [0, 0.05) is 24.7 Å². The highest BCUT2D eigenvalue weighted by Crippen LogP contribution is 2.38. The average molecular weight is 254 g/mol. The summed E-state index contributed by atoms with van der Waals surface area (Å²) in [4.78, 5) is 2.10. The molecule has 1 aromatic carbocycles. The van der Waals surface area contributed by atoms with Crippen molar-refractivity contribution >= 4 is 0 Å². The molecule has 1 fully saturated rings. The SMILES string of the molecule is CC1CC1CN(C)CC(N)c1cccc(F)c1F.